The van der Waals surface area contributed by atoms with E-state index in [1.807, 2.05) is 13.8 Å². The van der Waals surface area contributed by atoms with Crippen LogP contribution in [0.1, 0.15) is 25.5 Å². The van der Waals surface area contributed by atoms with Gasteiger partial charge in [-0.2, -0.15) is 0 Å². The fraction of sp³-hybridized carbons (Fsp3) is 0.571. The molecule has 1 unspecified atom stereocenters. The summed E-state index contributed by atoms with van der Waals surface area (Å²) < 4.78 is 31.7. The predicted molar refractivity (Wildman–Crippen MR) is 71.9 cm³/mol. The van der Waals surface area contributed by atoms with E-state index in [0.29, 0.717) is 25.3 Å². The van der Waals surface area contributed by atoms with E-state index < -0.39 is 17.7 Å². The van der Waals surface area contributed by atoms with Gasteiger partial charge in [0.1, 0.15) is 11.6 Å². The number of nitrogens with zero attached hydrogens (tertiary/aromatic N) is 1. The molecule has 0 fully saturated rings. The molecule has 2 N–H and O–H groups in total. The zero-order chi connectivity index (χ0) is 14.3. The van der Waals surface area contributed by atoms with Crippen molar-refractivity contribution in [3.63, 3.8) is 0 Å². The molecule has 108 valence electrons. The van der Waals surface area contributed by atoms with Crippen molar-refractivity contribution < 1.29 is 13.5 Å². The number of nitrogens with two attached hydrogens (primary N) is 1. The Kier molecular flexibility index (Phi) is 6.91. The summed E-state index contributed by atoms with van der Waals surface area (Å²) in [7, 11) is 0. The standard InChI is InChI=1S/C14H22F2N2O/c1-3-18(7-8-19-4-2)10-14(17)12-6-5-11(15)9-13(12)16/h5-6,9,14H,3-4,7-8,10,17H2,1-2H3. The average molecular weight is 272 g/mol. The van der Waals surface area contributed by atoms with Gasteiger partial charge in [-0.1, -0.05) is 13.0 Å². The van der Waals surface area contributed by atoms with Crippen LogP contribution in [0.25, 0.3) is 0 Å². The zero-order valence-electron chi connectivity index (χ0n) is 11.5. The first-order chi connectivity index (χ1) is 9.08. The van der Waals surface area contributed by atoms with E-state index in [4.69, 9.17) is 10.5 Å². The maximum absolute atomic E-state index is 13.6. The normalized spacial score (nSPS) is 12.9. The highest BCUT2D eigenvalue weighted by molar-refractivity contribution is 5.22. The number of hydrogen-bond donors (Lipinski definition) is 1. The third-order valence-electron chi connectivity index (χ3n) is 3.02. The van der Waals surface area contributed by atoms with Gasteiger partial charge in [0.2, 0.25) is 0 Å². The number of rotatable bonds is 8. The molecule has 0 saturated heterocycles. The van der Waals surface area contributed by atoms with E-state index in [0.717, 1.165) is 19.2 Å². The van der Waals surface area contributed by atoms with E-state index in [1.54, 1.807) is 0 Å². The van der Waals surface area contributed by atoms with Crippen LogP contribution in [0.5, 0.6) is 0 Å². The molecule has 0 saturated carbocycles. The first-order valence-corrected chi connectivity index (χ1v) is 6.59. The maximum Gasteiger partial charge on any atom is 0.130 e. The van der Waals surface area contributed by atoms with E-state index in [9.17, 15) is 8.78 Å². The van der Waals surface area contributed by atoms with Crippen LogP contribution in [-0.4, -0.2) is 37.7 Å². The Morgan fingerprint density at radius 2 is 2.05 bits per heavy atom. The van der Waals surface area contributed by atoms with Gasteiger partial charge in [0, 0.05) is 37.4 Å². The highest BCUT2D eigenvalue weighted by atomic mass is 19.1. The molecule has 0 aliphatic carbocycles. The topological polar surface area (TPSA) is 38.5 Å². The van der Waals surface area contributed by atoms with Gasteiger partial charge in [-0.3, -0.25) is 4.90 Å². The highest BCUT2D eigenvalue weighted by Gasteiger charge is 2.15. The van der Waals surface area contributed by atoms with Crippen molar-refractivity contribution in [1.29, 1.82) is 0 Å². The lowest BCUT2D eigenvalue weighted by Crippen LogP contribution is -2.35. The highest BCUT2D eigenvalue weighted by Crippen LogP contribution is 2.17. The molecular formula is C14H22F2N2O. The molecule has 0 heterocycles. The van der Waals surface area contributed by atoms with Crippen LogP contribution in [0, 0.1) is 11.6 Å². The molecule has 1 aromatic rings. The number of likely N-dealkylation sites (N-methyl/N-ethyl adjacent to an activating group) is 1. The summed E-state index contributed by atoms with van der Waals surface area (Å²) in [6.45, 7) is 7.34. The number of benzene rings is 1. The molecule has 1 atom stereocenters. The molecule has 0 amide bonds. The average Bonchev–Trinajstić information content (AvgIpc) is 2.37. The summed E-state index contributed by atoms with van der Waals surface area (Å²) in [5.74, 6) is -1.18. The second-order valence-corrected chi connectivity index (χ2v) is 4.36. The summed E-state index contributed by atoms with van der Waals surface area (Å²) in [6, 6.07) is 3.04. The summed E-state index contributed by atoms with van der Waals surface area (Å²) in [4.78, 5) is 2.09. The number of ether oxygens (including phenoxy) is 1. The number of hydrogen-bond acceptors (Lipinski definition) is 3. The van der Waals surface area contributed by atoms with Crippen molar-refractivity contribution in [2.24, 2.45) is 5.73 Å². The first kappa shape index (κ1) is 16.0. The zero-order valence-corrected chi connectivity index (χ0v) is 11.5. The second-order valence-electron chi connectivity index (χ2n) is 4.36. The molecule has 19 heavy (non-hydrogen) atoms. The summed E-state index contributed by atoms with van der Waals surface area (Å²) in [5, 5.41) is 0. The van der Waals surface area contributed by atoms with Crippen molar-refractivity contribution in [2.75, 3.05) is 32.8 Å². The van der Waals surface area contributed by atoms with Gasteiger partial charge in [0.05, 0.1) is 6.61 Å². The van der Waals surface area contributed by atoms with E-state index in [2.05, 4.69) is 4.90 Å². The molecular weight excluding hydrogens is 250 g/mol. The molecule has 0 aliphatic rings. The lowest BCUT2D eigenvalue weighted by Gasteiger charge is -2.24. The summed E-state index contributed by atoms with van der Waals surface area (Å²) in [5.41, 5.74) is 6.33. The largest absolute Gasteiger partial charge is 0.380 e. The molecule has 0 spiro atoms. The van der Waals surface area contributed by atoms with Crippen molar-refractivity contribution in [3.8, 4) is 0 Å². The van der Waals surface area contributed by atoms with Crippen molar-refractivity contribution in [2.45, 2.75) is 19.9 Å². The van der Waals surface area contributed by atoms with Gasteiger partial charge in [0.25, 0.3) is 0 Å². The number of halogens is 2. The van der Waals surface area contributed by atoms with E-state index in [1.165, 1.54) is 12.1 Å². The fourth-order valence-electron chi connectivity index (χ4n) is 1.90. The fourth-order valence-corrected chi connectivity index (χ4v) is 1.90. The molecule has 0 aromatic heterocycles. The minimum Gasteiger partial charge on any atom is -0.380 e. The Balaban J connectivity index is 2.58. The molecule has 0 radical (unpaired) electrons. The van der Waals surface area contributed by atoms with Gasteiger partial charge < -0.3 is 10.5 Å². The minimum absolute atomic E-state index is 0.344. The van der Waals surface area contributed by atoms with Gasteiger partial charge in [-0.15, -0.1) is 0 Å². The van der Waals surface area contributed by atoms with Crippen molar-refractivity contribution in [1.82, 2.24) is 4.90 Å². The third kappa shape index (κ3) is 5.22. The molecule has 1 aromatic carbocycles. The van der Waals surface area contributed by atoms with Crippen LogP contribution < -0.4 is 5.73 Å². The molecule has 5 heteroatoms. The van der Waals surface area contributed by atoms with Crippen LogP contribution in [0.4, 0.5) is 8.78 Å². The van der Waals surface area contributed by atoms with Crippen LogP contribution in [-0.2, 0) is 4.74 Å². The minimum atomic E-state index is -0.589. The molecule has 3 nitrogen and oxygen atoms in total. The Bertz CT molecular complexity index is 388. The van der Waals surface area contributed by atoms with Crippen LogP contribution in [0.3, 0.4) is 0 Å². The molecule has 0 aliphatic heterocycles. The quantitative estimate of drug-likeness (QED) is 0.738. The van der Waals surface area contributed by atoms with Gasteiger partial charge in [-0.25, -0.2) is 8.78 Å². The monoisotopic (exact) mass is 272 g/mol. The Morgan fingerprint density at radius 1 is 1.32 bits per heavy atom. The van der Waals surface area contributed by atoms with Crippen molar-refractivity contribution in [3.05, 3.63) is 35.4 Å². The van der Waals surface area contributed by atoms with Gasteiger partial charge in [0.15, 0.2) is 0 Å². The third-order valence-corrected chi connectivity index (χ3v) is 3.02. The van der Waals surface area contributed by atoms with Gasteiger partial charge >= 0.3 is 0 Å². The smallest absolute Gasteiger partial charge is 0.130 e. The first-order valence-electron chi connectivity index (χ1n) is 6.59. The lowest BCUT2D eigenvalue weighted by molar-refractivity contribution is 0.113. The van der Waals surface area contributed by atoms with Crippen LogP contribution >= 0.6 is 0 Å². The molecule has 0 bridgehead atoms. The van der Waals surface area contributed by atoms with Crippen molar-refractivity contribution >= 4 is 0 Å². The SMILES string of the molecule is CCOCCN(CC)CC(N)c1ccc(F)cc1F. The second kappa shape index (κ2) is 8.19. The van der Waals surface area contributed by atoms with Gasteiger partial charge in [-0.05, 0) is 19.5 Å². The molecule has 1 rings (SSSR count). The van der Waals surface area contributed by atoms with Crippen LogP contribution in [0.2, 0.25) is 0 Å². The Morgan fingerprint density at radius 3 is 2.63 bits per heavy atom. The van der Waals surface area contributed by atoms with Crippen LogP contribution in [0.15, 0.2) is 18.2 Å². The lowest BCUT2D eigenvalue weighted by atomic mass is 10.1. The summed E-state index contributed by atoms with van der Waals surface area (Å²) in [6.07, 6.45) is 0. The maximum atomic E-state index is 13.6. The predicted octanol–water partition coefficient (Wildman–Crippen LogP) is 2.32. The Labute approximate surface area is 113 Å². The van der Waals surface area contributed by atoms with E-state index >= 15 is 0 Å². The Hall–Kier alpha value is -1.04. The van der Waals surface area contributed by atoms with E-state index in [-0.39, 0.29) is 0 Å². The summed E-state index contributed by atoms with van der Waals surface area (Å²) >= 11 is 0.